The number of aromatic nitrogens is 1. The predicted octanol–water partition coefficient (Wildman–Crippen LogP) is 0.141. The van der Waals surface area contributed by atoms with E-state index in [4.69, 9.17) is 10.5 Å². The highest BCUT2D eigenvalue weighted by atomic mass is 32.2. The highest BCUT2D eigenvalue weighted by Crippen LogP contribution is 2.17. The fourth-order valence-corrected chi connectivity index (χ4v) is 2.81. The van der Waals surface area contributed by atoms with E-state index in [1.807, 2.05) is 6.92 Å². The van der Waals surface area contributed by atoms with E-state index in [9.17, 15) is 8.42 Å². The Bertz CT molecular complexity index is 482. The molecule has 0 atom stereocenters. The number of nitrogens with zero attached hydrogens (tertiary/aromatic N) is 2. The van der Waals surface area contributed by atoms with Crippen molar-refractivity contribution in [3.63, 3.8) is 0 Å². The van der Waals surface area contributed by atoms with Gasteiger partial charge in [0.2, 0.25) is 10.0 Å². The second-order valence-electron chi connectivity index (χ2n) is 4.01. The molecule has 1 heterocycles. The zero-order valence-electron chi connectivity index (χ0n) is 11.1. The van der Waals surface area contributed by atoms with Crippen LogP contribution in [0.3, 0.4) is 0 Å². The van der Waals surface area contributed by atoms with Gasteiger partial charge in [-0.3, -0.25) is 0 Å². The lowest BCUT2D eigenvalue weighted by Crippen LogP contribution is -2.30. The van der Waals surface area contributed by atoms with Gasteiger partial charge in [-0.1, -0.05) is 0 Å². The number of hydrogen-bond acceptors (Lipinski definition) is 4. The molecule has 0 aromatic carbocycles. The SMILES string of the molecule is CCOCCN(C)S(=O)(=O)c1cc(CN)n(C)c1. The Labute approximate surface area is 108 Å². The molecule has 0 aliphatic carbocycles. The molecular weight excluding hydrogens is 254 g/mol. The lowest BCUT2D eigenvalue weighted by molar-refractivity contribution is 0.138. The third-order valence-electron chi connectivity index (χ3n) is 2.75. The largest absolute Gasteiger partial charge is 0.380 e. The van der Waals surface area contributed by atoms with Crippen molar-refractivity contribution < 1.29 is 13.2 Å². The quantitative estimate of drug-likeness (QED) is 0.718. The van der Waals surface area contributed by atoms with Crippen molar-refractivity contribution in [1.29, 1.82) is 0 Å². The van der Waals surface area contributed by atoms with Crippen molar-refractivity contribution in [3.8, 4) is 0 Å². The number of rotatable bonds is 7. The standard InChI is InChI=1S/C11H21N3O3S/c1-4-17-6-5-14(3)18(15,16)11-7-10(8-12)13(2)9-11/h7,9H,4-6,8,12H2,1-3H3. The number of aryl methyl sites for hydroxylation is 1. The van der Waals surface area contributed by atoms with Crippen LogP contribution in [0.4, 0.5) is 0 Å². The highest BCUT2D eigenvalue weighted by Gasteiger charge is 2.22. The van der Waals surface area contributed by atoms with Crippen molar-refractivity contribution in [1.82, 2.24) is 8.87 Å². The van der Waals surface area contributed by atoms with E-state index in [0.717, 1.165) is 5.69 Å². The molecule has 0 bridgehead atoms. The van der Waals surface area contributed by atoms with Crippen LogP contribution in [0.1, 0.15) is 12.6 Å². The third-order valence-corrected chi connectivity index (χ3v) is 4.58. The molecule has 104 valence electrons. The van der Waals surface area contributed by atoms with Gasteiger partial charge in [-0.15, -0.1) is 0 Å². The van der Waals surface area contributed by atoms with Crippen LogP contribution in [0.15, 0.2) is 17.2 Å². The summed E-state index contributed by atoms with van der Waals surface area (Å²) in [7, 11) is -0.130. The molecule has 6 nitrogen and oxygen atoms in total. The number of likely N-dealkylation sites (N-methyl/N-ethyl adjacent to an activating group) is 1. The minimum absolute atomic E-state index is 0.268. The van der Waals surface area contributed by atoms with Crippen molar-refractivity contribution in [2.75, 3.05) is 26.8 Å². The fourth-order valence-electron chi connectivity index (χ4n) is 1.56. The Morgan fingerprint density at radius 2 is 2.17 bits per heavy atom. The van der Waals surface area contributed by atoms with Crippen molar-refractivity contribution >= 4 is 10.0 Å². The van der Waals surface area contributed by atoms with Gasteiger partial charge in [0.15, 0.2) is 0 Å². The smallest absolute Gasteiger partial charge is 0.244 e. The number of ether oxygens (including phenoxy) is 1. The molecule has 0 aliphatic heterocycles. The van der Waals surface area contributed by atoms with E-state index in [0.29, 0.717) is 26.3 Å². The molecule has 18 heavy (non-hydrogen) atoms. The summed E-state index contributed by atoms with van der Waals surface area (Å²) in [5.41, 5.74) is 6.32. The van der Waals surface area contributed by atoms with Crippen LogP contribution >= 0.6 is 0 Å². The first-order valence-corrected chi connectivity index (χ1v) is 7.26. The van der Waals surface area contributed by atoms with Gasteiger partial charge >= 0.3 is 0 Å². The van der Waals surface area contributed by atoms with E-state index in [-0.39, 0.29) is 4.90 Å². The summed E-state index contributed by atoms with van der Waals surface area (Å²) in [6.45, 7) is 3.50. The number of hydrogen-bond donors (Lipinski definition) is 1. The summed E-state index contributed by atoms with van der Waals surface area (Å²) in [6.07, 6.45) is 1.58. The van der Waals surface area contributed by atoms with Crippen LogP contribution in [0.25, 0.3) is 0 Å². The van der Waals surface area contributed by atoms with Crippen molar-refractivity contribution in [3.05, 3.63) is 18.0 Å². The second-order valence-corrected chi connectivity index (χ2v) is 6.05. The van der Waals surface area contributed by atoms with E-state index < -0.39 is 10.0 Å². The maximum absolute atomic E-state index is 12.2. The Kier molecular flexibility index (Phi) is 5.33. The van der Waals surface area contributed by atoms with E-state index in [1.54, 1.807) is 30.9 Å². The maximum Gasteiger partial charge on any atom is 0.244 e. The topological polar surface area (TPSA) is 77.6 Å². The van der Waals surface area contributed by atoms with Crippen LogP contribution in [-0.2, 0) is 28.4 Å². The van der Waals surface area contributed by atoms with Crippen LogP contribution in [0.5, 0.6) is 0 Å². The minimum atomic E-state index is -3.45. The van der Waals surface area contributed by atoms with Gasteiger partial charge < -0.3 is 15.0 Å². The van der Waals surface area contributed by atoms with Crippen LogP contribution < -0.4 is 5.73 Å². The summed E-state index contributed by atoms with van der Waals surface area (Å²) >= 11 is 0. The Balaban J connectivity index is 2.84. The fraction of sp³-hybridized carbons (Fsp3) is 0.636. The molecule has 0 amide bonds. The van der Waals surface area contributed by atoms with E-state index >= 15 is 0 Å². The predicted molar refractivity (Wildman–Crippen MR) is 69.6 cm³/mol. The molecule has 7 heteroatoms. The van der Waals surface area contributed by atoms with Crippen molar-refractivity contribution in [2.24, 2.45) is 12.8 Å². The van der Waals surface area contributed by atoms with Gasteiger partial charge in [-0.2, -0.15) is 4.31 Å². The first-order valence-electron chi connectivity index (χ1n) is 5.82. The summed E-state index contributed by atoms with van der Waals surface area (Å²) in [5, 5.41) is 0. The molecule has 0 unspecified atom stereocenters. The molecule has 0 saturated carbocycles. The van der Waals surface area contributed by atoms with E-state index in [2.05, 4.69) is 0 Å². The van der Waals surface area contributed by atoms with E-state index in [1.165, 1.54) is 4.31 Å². The summed E-state index contributed by atoms with van der Waals surface area (Å²) in [5.74, 6) is 0. The molecular formula is C11H21N3O3S. The summed E-state index contributed by atoms with van der Waals surface area (Å²) < 4.78 is 32.6. The maximum atomic E-state index is 12.2. The Morgan fingerprint density at radius 3 is 2.67 bits per heavy atom. The zero-order chi connectivity index (χ0) is 13.8. The molecule has 0 saturated heterocycles. The monoisotopic (exact) mass is 275 g/mol. The summed E-state index contributed by atoms with van der Waals surface area (Å²) in [4.78, 5) is 0.268. The molecule has 0 aliphatic rings. The van der Waals surface area contributed by atoms with Gasteiger partial charge in [-0.05, 0) is 13.0 Å². The Hall–Kier alpha value is -0.890. The molecule has 0 radical (unpaired) electrons. The van der Waals surface area contributed by atoms with Gasteiger partial charge in [0.1, 0.15) is 4.90 Å². The van der Waals surface area contributed by atoms with Crippen LogP contribution in [-0.4, -0.2) is 44.1 Å². The first kappa shape index (κ1) is 15.2. The van der Waals surface area contributed by atoms with Gasteiger partial charge in [0, 0.05) is 45.7 Å². The summed E-state index contributed by atoms with van der Waals surface area (Å²) in [6, 6.07) is 1.60. The van der Waals surface area contributed by atoms with Gasteiger partial charge in [0.05, 0.1) is 6.61 Å². The van der Waals surface area contributed by atoms with Gasteiger partial charge in [-0.25, -0.2) is 8.42 Å². The lowest BCUT2D eigenvalue weighted by Gasteiger charge is -2.15. The molecule has 0 spiro atoms. The first-order chi connectivity index (χ1) is 8.43. The molecule has 1 rings (SSSR count). The highest BCUT2D eigenvalue weighted by molar-refractivity contribution is 7.89. The van der Waals surface area contributed by atoms with Crippen LogP contribution in [0.2, 0.25) is 0 Å². The molecule has 1 aromatic heterocycles. The average molecular weight is 275 g/mol. The molecule has 1 aromatic rings. The normalized spacial score (nSPS) is 12.3. The Morgan fingerprint density at radius 1 is 1.50 bits per heavy atom. The molecule has 0 fully saturated rings. The molecule has 2 N–H and O–H groups in total. The average Bonchev–Trinajstić information content (AvgIpc) is 2.71. The lowest BCUT2D eigenvalue weighted by atomic mass is 10.4. The third kappa shape index (κ3) is 3.32. The number of sulfonamides is 1. The minimum Gasteiger partial charge on any atom is -0.380 e. The number of nitrogens with two attached hydrogens (primary N) is 1. The van der Waals surface area contributed by atoms with Gasteiger partial charge in [0.25, 0.3) is 0 Å². The van der Waals surface area contributed by atoms with Crippen molar-refractivity contribution in [2.45, 2.75) is 18.4 Å². The second kappa shape index (κ2) is 6.33. The zero-order valence-corrected chi connectivity index (χ0v) is 11.9. The van der Waals surface area contributed by atoms with Crippen LogP contribution in [0, 0.1) is 0 Å².